The number of aromatic nitrogens is 3. The molecule has 1 N–H and O–H groups in total. The number of H-pyrrole nitrogens is 1. The lowest BCUT2D eigenvalue weighted by atomic mass is 9.79. The number of esters is 1. The van der Waals surface area contributed by atoms with Gasteiger partial charge in [-0.3, -0.25) is 9.59 Å². The Morgan fingerprint density at radius 3 is 2.86 bits per heavy atom. The maximum Gasteiger partial charge on any atom is 0.306 e. The van der Waals surface area contributed by atoms with Crippen LogP contribution in [0, 0.1) is 5.92 Å². The summed E-state index contributed by atoms with van der Waals surface area (Å²) in [5.74, 6) is 1.26. The number of aromatic amines is 1. The summed E-state index contributed by atoms with van der Waals surface area (Å²) in [5.41, 5.74) is 2.25. The molecule has 6 heteroatoms. The zero-order valence-corrected chi connectivity index (χ0v) is 16.8. The number of rotatable bonds is 6. The number of aryl methyl sites for hydroxylation is 1. The molecule has 29 heavy (non-hydrogen) atoms. The van der Waals surface area contributed by atoms with Gasteiger partial charge in [0.1, 0.15) is 12.4 Å². The summed E-state index contributed by atoms with van der Waals surface area (Å²) < 4.78 is 7.12. The fourth-order valence-corrected chi connectivity index (χ4v) is 4.26. The maximum absolute atomic E-state index is 12.5. The van der Waals surface area contributed by atoms with E-state index in [0.717, 1.165) is 42.6 Å². The monoisotopic (exact) mass is 393 g/mol. The van der Waals surface area contributed by atoms with Gasteiger partial charge in [-0.2, -0.15) is 0 Å². The predicted molar refractivity (Wildman–Crippen MR) is 112 cm³/mol. The van der Waals surface area contributed by atoms with E-state index in [1.54, 1.807) is 10.8 Å². The van der Waals surface area contributed by atoms with Gasteiger partial charge < -0.3 is 14.3 Å². The first-order valence-electron chi connectivity index (χ1n) is 10.4. The van der Waals surface area contributed by atoms with Gasteiger partial charge in [0, 0.05) is 25.1 Å². The van der Waals surface area contributed by atoms with E-state index in [1.165, 1.54) is 0 Å². The van der Waals surface area contributed by atoms with Crippen LogP contribution in [0.25, 0.3) is 11.0 Å². The summed E-state index contributed by atoms with van der Waals surface area (Å²) in [7, 11) is 0. The zero-order chi connectivity index (χ0) is 20.2. The molecule has 2 atom stereocenters. The van der Waals surface area contributed by atoms with Crippen LogP contribution in [0.5, 0.6) is 0 Å². The Kier molecular flexibility index (Phi) is 5.79. The molecule has 0 saturated heterocycles. The Morgan fingerprint density at radius 1 is 1.24 bits per heavy atom. The van der Waals surface area contributed by atoms with Crippen molar-refractivity contribution in [3.63, 3.8) is 0 Å². The number of ether oxygens (including phenoxy) is 1. The average Bonchev–Trinajstić information content (AvgIpc) is 3.19. The highest BCUT2D eigenvalue weighted by molar-refractivity contribution is 5.73. The normalized spacial score (nSPS) is 19.3. The Hall–Kier alpha value is -2.89. The highest BCUT2D eigenvalue weighted by Crippen LogP contribution is 2.37. The van der Waals surface area contributed by atoms with Crippen molar-refractivity contribution in [2.24, 2.45) is 5.92 Å². The lowest BCUT2D eigenvalue weighted by Crippen LogP contribution is -2.20. The molecule has 1 aromatic carbocycles. The molecule has 0 spiro atoms. The molecular weight excluding hydrogens is 366 g/mol. The van der Waals surface area contributed by atoms with Crippen molar-refractivity contribution < 1.29 is 9.53 Å². The van der Waals surface area contributed by atoms with Gasteiger partial charge in [0.15, 0.2) is 5.52 Å². The molecular formula is C23H27N3O3. The largest absolute Gasteiger partial charge is 0.461 e. The third-order valence-corrected chi connectivity index (χ3v) is 5.84. The van der Waals surface area contributed by atoms with E-state index in [1.807, 2.05) is 43.3 Å². The van der Waals surface area contributed by atoms with Crippen LogP contribution in [0.4, 0.5) is 0 Å². The molecule has 1 fully saturated rings. The summed E-state index contributed by atoms with van der Waals surface area (Å²) in [6.07, 6.45) is 6.24. The van der Waals surface area contributed by atoms with Crippen LogP contribution in [0.1, 0.15) is 56.3 Å². The topological polar surface area (TPSA) is 77.0 Å². The fraction of sp³-hybridized carbons (Fsp3) is 0.435. The Balaban J connectivity index is 1.39. The van der Waals surface area contributed by atoms with Crippen LogP contribution >= 0.6 is 0 Å². The molecule has 2 aromatic heterocycles. The van der Waals surface area contributed by atoms with Crippen molar-refractivity contribution in [2.45, 2.75) is 58.1 Å². The first-order chi connectivity index (χ1) is 14.1. The lowest BCUT2D eigenvalue weighted by Gasteiger charge is -2.27. The van der Waals surface area contributed by atoms with Gasteiger partial charge in [-0.05, 0) is 43.7 Å². The number of benzene rings is 1. The second kappa shape index (κ2) is 8.64. The summed E-state index contributed by atoms with van der Waals surface area (Å²) in [6, 6.07) is 11.7. The van der Waals surface area contributed by atoms with Crippen molar-refractivity contribution >= 4 is 17.0 Å². The van der Waals surface area contributed by atoms with Gasteiger partial charge in [-0.1, -0.05) is 36.8 Å². The van der Waals surface area contributed by atoms with E-state index >= 15 is 0 Å². The van der Waals surface area contributed by atoms with E-state index in [4.69, 9.17) is 4.74 Å². The summed E-state index contributed by atoms with van der Waals surface area (Å²) >= 11 is 0. The Morgan fingerprint density at radius 2 is 2.07 bits per heavy atom. The molecule has 1 aliphatic carbocycles. The number of carbonyl (C=O) groups is 1. The van der Waals surface area contributed by atoms with Crippen molar-refractivity contribution in [1.29, 1.82) is 0 Å². The second-order valence-corrected chi connectivity index (χ2v) is 7.87. The molecule has 0 radical (unpaired) electrons. The number of imidazole rings is 1. The van der Waals surface area contributed by atoms with E-state index in [-0.39, 0.29) is 23.4 Å². The fourth-order valence-electron chi connectivity index (χ4n) is 4.26. The number of fused-ring (bicyclic) bond motifs is 1. The highest BCUT2D eigenvalue weighted by atomic mass is 16.5. The summed E-state index contributed by atoms with van der Waals surface area (Å²) in [4.78, 5) is 32.7. The van der Waals surface area contributed by atoms with Crippen molar-refractivity contribution in [3.8, 4) is 0 Å². The molecule has 2 unspecified atom stereocenters. The highest BCUT2D eigenvalue weighted by Gasteiger charge is 2.27. The molecule has 1 aliphatic rings. The average molecular weight is 393 g/mol. The Labute approximate surface area is 169 Å². The summed E-state index contributed by atoms with van der Waals surface area (Å²) in [6.45, 7) is 2.90. The van der Waals surface area contributed by atoms with Crippen molar-refractivity contribution in [1.82, 2.24) is 14.5 Å². The number of hydrogen-bond donors (Lipinski definition) is 1. The molecule has 2 heterocycles. The van der Waals surface area contributed by atoms with Crippen LogP contribution in [0.2, 0.25) is 0 Å². The minimum Gasteiger partial charge on any atom is -0.461 e. The van der Waals surface area contributed by atoms with Crippen LogP contribution in [0.15, 0.2) is 47.4 Å². The zero-order valence-electron chi connectivity index (χ0n) is 16.8. The van der Waals surface area contributed by atoms with Crippen LogP contribution < -0.4 is 5.56 Å². The molecule has 0 bridgehead atoms. The molecule has 152 valence electrons. The standard InChI is InChI=1S/C23H27N3O3/c1-2-26-12-11-19-21(23(26)28)25-22(24-19)18-10-6-9-17(13-18)14-20(27)29-15-16-7-4-3-5-8-16/h3-5,7-8,11-12,17-18H,2,6,9-10,13-15H2,1H3,(H,24,25). The number of pyridine rings is 1. The van der Waals surface area contributed by atoms with Crippen LogP contribution in [0.3, 0.4) is 0 Å². The van der Waals surface area contributed by atoms with E-state index in [9.17, 15) is 9.59 Å². The Bertz CT molecular complexity index is 1040. The van der Waals surface area contributed by atoms with Crippen molar-refractivity contribution in [2.75, 3.05) is 0 Å². The molecule has 0 amide bonds. The van der Waals surface area contributed by atoms with Gasteiger partial charge in [0.25, 0.3) is 5.56 Å². The third-order valence-electron chi connectivity index (χ3n) is 5.84. The smallest absolute Gasteiger partial charge is 0.306 e. The molecule has 0 aliphatic heterocycles. The number of hydrogen-bond acceptors (Lipinski definition) is 4. The SMILES string of the molecule is CCn1ccc2[nH]c(C3CCCC(CC(=O)OCc4ccccc4)C3)nc2c1=O. The number of nitrogens with zero attached hydrogens (tertiary/aromatic N) is 2. The van der Waals surface area contributed by atoms with Gasteiger partial charge in [-0.25, -0.2) is 4.98 Å². The van der Waals surface area contributed by atoms with E-state index in [0.29, 0.717) is 25.1 Å². The minimum absolute atomic E-state index is 0.0515. The first kappa shape index (κ1) is 19.4. The van der Waals surface area contributed by atoms with Gasteiger partial charge in [0.05, 0.1) is 5.52 Å². The predicted octanol–water partition coefficient (Wildman–Crippen LogP) is 4.15. The quantitative estimate of drug-likeness (QED) is 0.638. The number of carbonyl (C=O) groups excluding carboxylic acids is 1. The van der Waals surface area contributed by atoms with Gasteiger partial charge in [0.2, 0.25) is 0 Å². The lowest BCUT2D eigenvalue weighted by molar-refractivity contribution is -0.146. The second-order valence-electron chi connectivity index (χ2n) is 7.87. The van der Waals surface area contributed by atoms with Gasteiger partial charge >= 0.3 is 5.97 Å². The molecule has 4 rings (SSSR count). The molecule has 1 saturated carbocycles. The first-order valence-corrected chi connectivity index (χ1v) is 10.4. The minimum atomic E-state index is -0.144. The molecule has 6 nitrogen and oxygen atoms in total. The van der Waals surface area contributed by atoms with Gasteiger partial charge in [-0.15, -0.1) is 0 Å². The third kappa shape index (κ3) is 4.42. The number of nitrogens with one attached hydrogen (secondary N) is 1. The van der Waals surface area contributed by atoms with E-state index in [2.05, 4.69) is 9.97 Å². The molecule has 3 aromatic rings. The van der Waals surface area contributed by atoms with Crippen molar-refractivity contribution in [3.05, 3.63) is 64.3 Å². The maximum atomic E-state index is 12.5. The summed E-state index contributed by atoms with van der Waals surface area (Å²) in [5, 5.41) is 0. The van der Waals surface area contributed by atoms with E-state index < -0.39 is 0 Å². The van der Waals surface area contributed by atoms with Crippen LogP contribution in [-0.2, 0) is 22.7 Å². The van der Waals surface area contributed by atoms with Crippen LogP contribution in [-0.4, -0.2) is 20.5 Å².